The fourth-order valence-electron chi connectivity index (χ4n) is 2.99. The third kappa shape index (κ3) is 2.93. The highest BCUT2D eigenvalue weighted by atomic mass is 15.2. The average Bonchev–Trinajstić information content (AvgIpc) is 2.53. The fourth-order valence-corrected chi connectivity index (χ4v) is 2.99. The molecular formula is C17H23N3. The third-order valence-corrected chi connectivity index (χ3v) is 4.06. The molecule has 0 aliphatic carbocycles. The molecule has 0 spiro atoms. The van der Waals surface area contributed by atoms with Crippen molar-refractivity contribution in [3.8, 4) is 0 Å². The zero-order valence-corrected chi connectivity index (χ0v) is 12.2. The monoisotopic (exact) mass is 269 g/mol. The van der Waals surface area contributed by atoms with Crippen LogP contribution in [-0.4, -0.2) is 30.7 Å². The molecule has 2 heterocycles. The molecule has 1 aromatic heterocycles. The SMILES string of the molecule is CCCNC1CCCN(c2ccc3ncccc3c2)C1. The first-order valence-corrected chi connectivity index (χ1v) is 7.70. The van der Waals surface area contributed by atoms with Gasteiger partial charge >= 0.3 is 0 Å². The second-order valence-corrected chi connectivity index (χ2v) is 5.62. The van der Waals surface area contributed by atoms with Gasteiger partial charge in [-0.05, 0) is 50.1 Å². The molecule has 0 amide bonds. The van der Waals surface area contributed by atoms with Crippen molar-refractivity contribution in [3.05, 3.63) is 36.5 Å². The first-order valence-electron chi connectivity index (χ1n) is 7.70. The summed E-state index contributed by atoms with van der Waals surface area (Å²) in [7, 11) is 0. The Kier molecular flexibility index (Phi) is 4.16. The van der Waals surface area contributed by atoms with Crippen LogP contribution in [0.1, 0.15) is 26.2 Å². The minimum atomic E-state index is 0.633. The van der Waals surface area contributed by atoms with Crippen LogP contribution in [0.25, 0.3) is 10.9 Å². The van der Waals surface area contributed by atoms with Crippen LogP contribution >= 0.6 is 0 Å². The molecular weight excluding hydrogens is 246 g/mol. The Hall–Kier alpha value is -1.61. The predicted octanol–water partition coefficient (Wildman–Crippen LogP) is 3.20. The summed E-state index contributed by atoms with van der Waals surface area (Å²) in [5, 5.41) is 4.88. The Morgan fingerprint density at radius 1 is 1.35 bits per heavy atom. The minimum absolute atomic E-state index is 0.633. The Labute approximate surface area is 121 Å². The molecule has 1 aliphatic heterocycles. The fraction of sp³-hybridized carbons (Fsp3) is 0.471. The van der Waals surface area contributed by atoms with Crippen LogP contribution in [0, 0.1) is 0 Å². The maximum Gasteiger partial charge on any atom is 0.0703 e. The summed E-state index contributed by atoms with van der Waals surface area (Å²) in [5.41, 5.74) is 2.41. The molecule has 1 aliphatic rings. The zero-order chi connectivity index (χ0) is 13.8. The summed E-state index contributed by atoms with van der Waals surface area (Å²) < 4.78 is 0. The third-order valence-electron chi connectivity index (χ3n) is 4.06. The van der Waals surface area contributed by atoms with Crippen molar-refractivity contribution in [1.29, 1.82) is 0 Å². The Morgan fingerprint density at radius 2 is 2.30 bits per heavy atom. The van der Waals surface area contributed by atoms with Crippen LogP contribution in [0.15, 0.2) is 36.5 Å². The normalized spacial score (nSPS) is 19.4. The highest BCUT2D eigenvalue weighted by Gasteiger charge is 2.19. The minimum Gasteiger partial charge on any atom is -0.370 e. The highest BCUT2D eigenvalue weighted by molar-refractivity contribution is 5.82. The quantitative estimate of drug-likeness (QED) is 0.924. The number of anilines is 1. The molecule has 1 N–H and O–H groups in total. The van der Waals surface area contributed by atoms with Gasteiger partial charge in [0.2, 0.25) is 0 Å². The van der Waals surface area contributed by atoms with Crippen molar-refractivity contribution < 1.29 is 0 Å². The van der Waals surface area contributed by atoms with Crippen molar-refractivity contribution in [2.75, 3.05) is 24.5 Å². The van der Waals surface area contributed by atoms with Gasteiger partial charge in [0.25, 0.3) is 0 Å². The van der Waals surface area contributed by atoms with Gasteiger partial charge in [-0.25, -0.2) is 0 Å². The van der Waals surface area contributed by atoms with Crippen LogP contribution in [0.5, 0.6) is 0 Å². The number of hydrogen-bond acceptors (Lipinski definition) is 3. The van der Waals surface area contributed by atoms with E-state index in [9.17, 15) is 0 Å². The molecule has 3 rings (SSSR count). The highest BCUT2D eigenvalue weighted by Crippen LogP contribution is 2.23. The lowest BCUT2D eigenvalue weighted by Crippen LogP contribution is -2.46. The Balaban J connectivity index is 1.76. The van der Waals surface area contributed by atoms with Crippen LogP contribution < -0.4 is 10.2 Å². The second kappa shape index (κ2) is 6.23. The van der Waals surface area contributed by atoms with Gasteiger partial charge in [0.1, 0.15) is 0 Å². The number of nitrogens with zero attached hydrogens (tertiary/aromatic N) is 2. The number of nitrogens with one attached hydrogen (secondary N) is 1. The first kappa shape index (κ1) is 13.4. The molecule has 1 fully saturated rings. The summed E-state index contributed by atoms with van der Waals surface area (Å²) in [6.45, 7) is 5.63. The first-order chi connectivity index (χ1) is 9.86. The van der Waals surface area contributed by atoms with E-state index in [0.29, 0.717) is 6.04 Å². The Morgan fingerprint density at radius 3 is 3.20 bits per heavy atom. The van der Waals surface area contributed by atoms with Gasteiger partial charge in [-0.3, -0.25) is 4.98 Å². The molecule has 106 valence electrons. The van der Waals surface area contributed by atoms with E-state index < -0.39 is 0 Å². The van der Waals surface area contributed by atoms with Crippen LogP contribution in [0.2, 0.25) is 0 Å². The Bertz CT molecular complexity index is 567. The summed E-state index contributed by atoms with van der Waals surface area (Å²) in [6, 6.07) is 11.4. The predicted molar refractivity (Wildman–Crippen MR) is 85.3 cm³/mol. The van der Waals surface area contributed by atoms with E-state index in [2.05, 4.69) is 46.4 Å². The molecule has 2 aromatic rings. The molecule has 1 aromatic carbocycles. The standard InChI is InChI=1S/C17H23N3/c1-2-9-18-15-6-4-11-20(13-15)16-7-8-17-14(12-16)5-3-10-19-17/h3,5,7-8,10,12,15,18H,2,4,6,9,11,13H2,1H3. The lowest BCUT2D eigenvalue weighted by molar-refractivity contribution is 0.423. The number of fused-ring (bicyclic) bond motifs is 1. The van der Waals surface area contributed by atoms with Crippen molar-refractivity contribution in [2.45, 2.75) is 32.2 Å². The number of hydrogen-bond donors (Lipinski definition) is 1. The van der Waals surface area contributed by atoms with E-state index in [1.165, 1.54) is 30.3 Å². The van der Waals surface area contributed by atoms with Gasteiger partial charge in [-0.1, -0.05) is 13.0 Å². The van der Waals surface area contributed by atoms with Crippen molar-refractivity contribution in [3.63, 3.8) is 0 Å². The number of aromatic nitrogens is 1. The van der Waals surface area contributed by atoms with Gasteiger partial charge in [-0.2, -0.15) is 0 Å². The number of pyridine rings is 1. The maximum atomic E-state index is 4.39. The zero-order valence-electron chi connectivity index (χ0n) is 12.2. The lowest BCUT2D eigenvalue weighted by atomic mass is 10.0. The van der Waals surface area contributed by atoms with E-state index in [0.717, 1.165) is 25.2 Å². The van der Waals surface area contributed by atoms with Gasteiger partial charge in [0, 0.05) is 36.4 Å². The van der Waals surface area contributed by atoms with Crippen molar-refractivity contribution in [1.82, 2.24) is 10.3 Å². The van der Waals surface area contributed by atoms with E-state index in [1.54, 1.807) is 0 Å². The van der Waals surface area contributed by atoms with Crippen LogP contribution in [0.3, 0.4) is 0 Å². The molecule has 0 saturated carbocycles. The summed E-state index contributed by atoms with van der Waals surface area (Å²) in [6.07, 6.45) is 5.63. The molecule has 1 unspecified atom stereocenters. The van der Waals surface area contributed by atoms with Gasteiger partial charge in [0.15, 0.2) is 0 Å². The van der Waals surface area contributed by atoms with E-state index in [1.807, 2.05) is 12.3 Å². The summed E-state index contributed by atoms with van der Waals surface area (Å²) in [5.74, 6) is 0. The molecule has 1 atom stereocenters. The maximum absolute atomic E-state index is 4.39. The van der Waals surface area contributed by atoms with Crippen LogP contribution in [-0.2, 0) is 0 Å². The van der Waals surface area contributed by atoms with Crippen LogP contribution in [0.4, 0.5) is 5.69 Å². The van der Waals surface area contributed by atoms with Crippen molar-refractivity contribution in [2.24, 2.45) is 0 Å². The summed E-state index contributed by atoms with van der Waals surface area (Å²) >= 11 is 0. The molecule has 20 heavy (non-hydrogen) atoms. The molecule has 1 saturated heterocycles. The molecule has 3 heteroatoms. The average molecular weight is 269 g/mol. The van der Waals surface area contributed by atoms with Gasteiger partial charge < -0.3 is 10.2 Å². The largest absolute Gasteiger partial charge is 0.370 e. The summed E-state index contributed by atoms with van der Waals surface area (Å²) in [4.78, 5) is 6.90. The van der Waals surface area contributed by atoms with Gasteiger partial charge in [0.05, 0.1) is 5.52 Å². The van der Waals surface area contributed by atoms with Gasteiger partial charge in [-0.15, -0.1) is 0 Å². The molecule has 0 bridgehead atoms. The van der Waals surface area contributed by atoms with E-state index in [-0.39, 0.29) is 0 Å². The lowest BCUT2D eigenvalue weighted by Gasteiger charge is -2.35. The van der Waals surface area contributed by atoms with E-state index in [4.69, 9.17) is 0 Å². The van der Waals surface area contributed by atoms with E-state index >= 15 is 0 Å². The number of piperidine rings is 1. The number of benzene rings is 1. The topological polar surface area (TPSA) is 28.2 Å². The molecule has 3 nitrogen and oxygen atoms in total. The van der Waals surface area contributed by atoms with Crippen molar-refractivity contribution >= 4 is 16.6 Å². The second-order valence-electron chi connectivity index (χ2n) is 5.62. The smallest absolute Gasteiger partial charge is 0.0703 e. The number of rotatable bonds is 4. The molecule has 0 radical (unpaired) electrons.